The van der Waals surface area contributed by atoms with Crippen LogP contribution in [-0.2, 0) is 0 Å². The normalized spacial score (nSPS) is 14.0. The summed E-state index contributed by atoms with van der Waals surface area (Å²) in [5.41, 5.74) is 0. The summed E-state index contributed by atoms with van der Waals surface area (Å²) in [6.45, 7) is 0. The zero-order valence-electron chi connectivity index (χ0n) is 7.95. The molecule has 0 aliphatic carbocycles. The number of hydrogen-bond donors (Lipinski definition) is 2. The summed E-state index contributed by atoms with van der Waals surface area (Å²) in [7, 11) is 0. The first-order valence-corrected chi connectivity index (χ1v) is 6.06. The van der Waals surface area contributed by atoms with Crippen LogP contribution in [0.4, 0.5) is 0 Å². The van der Waals surface area contributed by atoms with E-state index < -0.39 is 4.94 Å². The molecule has 0 aliphatic heterocycles. The molecule has 82 valence electrons. The van der Waals surface area contributed by atoms with Crippen molar-refractivity contribution in [1.29, 1.82) is 0 Å². The van der Waals surface area contributed by atoms with Gasteiger partial charge in [-0.3, -0.25) is 0 Å². The first-order valence-electron chi connectivity index (χ1n) is 4.32. The van der Waals surface area contributed by atoms with Crippen LogP contribution in [0.5, 0.6) is 0 Å². The number of aromatic nitrogens is 1. The van der Waals surface area contributed by atoms with Crippen LogP contribution in [-0.4, -0.2) is 4.37 Å². The van der Waals surface area contributed by atoms with Gasteiger partial charge in [0.15, 0.2) is 0 Å². The lowest BCUT2D eigenvalue weighted by Gasteiger charge is -1.94. The molecule has 0 unspecified atom stereocenters. The number of nitrogens with zero attached hydrogens (tertiary/aromatic N) is 1. The smallest absolute Gasteiger partial charge is 0.393 e. The predicted molar refractivity (Wildman–Crippen MR) is 71.3 cm³/mol. The molecule has 0 radical (unpaired) electrons. The molecule has 0 spiro atoms. The minimum Gasteiger partial charge on any atom is -0.393 e. The van der Waals surface area contributed by atoms with Crippen molar-refractivity contribution >= 4 is 47.1 Å². The van der Waals surface area contributed by atoms with Gasteiger partial charge in [0.05, 0.1) is 16.4 Å². The van der Waals surface area contributed by atoms with E-state index in [-0.39, 0.29) is 5.89 Å². The zero-order chi connectivity index (χ0) is 11.5. The summed E-state index contributed by atoms with van der Waals surface area (Å²) in [6, 6.07) is 7.52. The van der Waals surface area contributed by atoms with Crippen molar-refractivity contribution < 1.29 is 4.42 Å². The van der Waals surface area contributed by atoms with Crippen molar-refractivity contribution in [3.8, 4) is 0 Å². The van der Waals surface area contributed by atoms with Crippen molar-refractivity contribution in [2.24, 2.45) is 0 Å². The van der Waals surface area contributed by atoms with Crippen molar-refractivity contribution in [2.75, 3.05) is 0 Å². The zero-order valence-corrected chi connectivity index (χ0v) is 10.6. The molecule has 3 nitrogen and oxygen atoms in total. The molecular weight excluding hydrogens is 262 g/mol. The Kier molecular flexibility index (Phi) is 3.52. The molecule has 2 rings (SSSR count). The molecule has 0 bridgehead atoms. The van der Waals surface area contributed by atoms with Gasteiger partial charge in [-0.25, -0.2) is 4.79 Å². The molecule has 1 aromatic heterocycles. The van der Waals surface area contributed by atoms with E-state index in [4.69, 9.17) is 4.42 Å². The van der Waals surface area contributed by atoms with E-state index in [0.29, 0.717) is 4.91 Å². The second-order valence-corrected chi connectivity index (χ2v) is 4.31. The Morgan fingerprint density at radius 3 is 2.81 bits per heavy atom. The Morgan fingerprint density at radius 1 is 1.44 bits per heavy atom. The van der Waals surface area contributed by atoms with Gasteiger partial charge in [-0.05, 0) is 10.6 Å². The van der Waals surface area contributed by atoms with Crippen molar-refractivity contribution in [3.63, 3.8) is 0 Å². The molecule has 0 fully saturated rings. The van der Waals surface area contributed by atoms with Crippen molar-refractivity contribution in [1.82, 2.24) is 4.37 Å². The molecule has 6 heteroatoms. The van der Waals surface area contributed by atoms with Gasteiger partial charge in [0.1, 0.15) is 0 Å². The lowest BCUT2D eigenvalue weighted by molar-refractivity contribution is 0.514. The molecule has 0 atom stereocenters. The highest BCUT2D eigenvalue weighted by Crippen LogP contribution is 2.10. The standard InChI is InChI=1S/C10H7NO2S3/c12-10-13-9(11-16-10)8(15)7-4-2-1-3-6(7)5-14/h1-5,14-15H/b6-5-,8-7-. The van der Waals surface area contributed by atoms with E-state index in [9.17, 15) is 4.79 Å². The maximum Gasteiger partial charge on any atom is 0.414 e. The Hall–Kier alpha value is -0.980. The molecule has 0 saturated heterocycles. The first-order chi connectivity index (χ1) is 7.72. The summed E-state index contributed by atoms with van der Waals surface area (Å²) in [5.74, 6) is 0.237. The molecule has 0 aliphatic rings. The number of benzene rings is 1. The monoisotopic (exact) mass is 269 g/mol. The minimum absolute atomic E-state index is 0.237. The maximum atomic E-state index is 10.9. The summed E-state index contributed by atoms with van der Waals surface area (Å²) in [4.78, 5) is 11.0. The summed E-state index contributed by atoms with van der Waals surface area (Å²) >= 11 is 9.20. The third kappa shape index (κ3) is 2.23. The van der Waals surface area contributed by atoms with Crippen LogP contribution in [0.1, 0.15) is 5.89 Å². The fourth-order valence-corrected chi connectivity index (χ4v) is 2.22. The lowest BCUT2D eigenvalue weighted by Crippen LogP contribution is -2.25. The third-order valence-corrected chi connectivity index (χ3v) is 3.14. The topological polar surface area (TPSA) is 43.1 Å². The van der Waals surface area contributed by atoms with E-state index in [2.05, 4.69) is 29.6 Å². The predicted octanol–water partition coefficient (Wildman–Crippen LogP) is 0.850. The molecule has 2 aromatic rings. The molecule has 1 heterocycles. The van der Waals surface area contributed by atoms with Gasteiger partial charge in [0, 0.05) is 5.22 Å². The molecule has 16 heavy (non-hydrogen) atoms. The number of thiol groups is 2. The molecule has 0 saturated carbocycles. The van der Waals surface area contributed by atoms with Gasteiger partial charge in [-0.15, -0.1) is 17.0 Å². The van der Waals surface area contributed by atoms with Gasteiger partial charge < -0.3 is 4.42 Å². The number of rotatable bonds is 1. The second kappa shape index (κ2) is 4.90. The highest BCUT2D eigenvalue weighted by Gasteiger charge is 2.06. The van der Waals surface area contributed by atoms with Gasteiger partial charge in [0.2, 0.25) is 5.89 Å². The summed E-state index contributed by atoms with van der Waals surface area (Å²) < 4.78 is 8.78. The van der Waals surface area contributed by atoms with Crippen LogP contribution in [0.3, 0.4) is 0 Å². The highest BCUT2D eigenvalue weighted by atomic mass is 32.1. The average molecular weight is 269 g/mol. The van der Waals surface area contributed by atoms with Crippen molar-refractivity contribution in [2.45, 2.75) is 0 Å². The van der Waals surface area contributed by atoms with E-state index in [1.807, 2.05) is 24.3 Å². The van der Waals surface area contributed by atoms with Crippen LogP contribution < -0.4 is 15.4 Å². The first kappa shape index (κ1) is 11.5. The average Bonchev–Trinajstić information content (AvgIpc) is 2.75. The summed E-state index contributed by atoms with van der Waals surface area (Å²) in [6.07, 6.45) is 0. The Bertz CT molecular complexity index is 672. The van der Waals surface area contributed by atoms with E-state index in [1.165, 1.54) is 0 Å². The fourth-order valence-electron chi connectivity index (χ4n) is 1.23. The third-order valence-electron chi connectivity index (χ3n) is 1.94. The van der Waals surface area contributed by atoms with Crippen molar-refractivity contribution in [3.05, 3.63) is 50.3 Å². The van der Waals surface area contributed by atoms with Crippen LogP contribution >= 0.6 is 36.8 Å². The largest absolute Gasteiger partial charge is 0.414 e. The SMILES string of the molecule is O=c1oc(/C(S)=c2\cccc\c2=C\S)ns1. The molecule has 0 amide bonds. The van der Waals surface area contributed by atoms with Crippen LogP contribution in [0.2, 0.25) is 0 Å². The Balaban J connectivity index is 2.79. The van der Waals surface area contributed by atoms with E-state index >= 15 is 0 Å². The van der Waals surface area contributed by atoms with Crippen LogP contribution in [0.15, 0.2) is 33.5 Å². The van der Waals surface area contributed by atoms with Gasteiger partial charge in [0.25, 0.3) is 0 Å². The lowest BCUT2D eigenvalue weighted by atomic mass is 10.2. The number of hydrogen-bond acceptors (Lipinski definition) is 6. The van der Waals surface area contributed by atoms with Crippen LogP contribution in [0, 0.1) is 0 Å². The van der Waals surface area contributed by atoms with E-state index in [1.54, 1.807) is 5.41 Å². The van der Waals surface area contributed by atoms with Gasteiger partial charge in [-0.2, -0.15) is 12.6 Å². The fraction of sp³-hybridized carbons (Fsp3) is 0. The highest BCUT2D eigenvalue weighted by molar-refractivity contribution is 7.90. The molecule has 0 N–H and O–H groups in total. The van der Waals surface area contributed by atoms with Gasteiger partial charge in [-0.1, -0.05) is 24.3 Å². The quantitative estimate of drug-likeness (QED) is 0.754. The van der Waals surface area contributed by atoms with Gasteiger partial charge >= 0.3 is 4.94 Å². The molecular formula is C10H7NO2S3. The second-order valence-electron chi connectivity index (χ2n) is 2.90. The Labute approximate surface area is 106 Å². The summed E-state index contributed by atoms with van der Waals surface area (Å²) in [5, 5.41) is 3.39. The van der Waals surface area contributed by atoms with Crippen LogP contribution in [0.25, 0.3) is 10.3 Å². The minimum atomic E-state index is -0.436. The maximum absolute atomic E-state index is 10.9. The van der Waals surface area contributed by atoms with E-state index in [0.717, 1.165) is 22.0 Å². The Morgan fingerprint density at radius 2 is 2.19 bits per heavy atom. The molecule has 1 aromatic carbocycles.